The SMILES string of the molecule is Cc1cc(COc2ccc(F)cc2Cl)c(C)c(C2C(C#N)=C(N)N(c3ccc(I)cc3)C3=C2C(=O)CCC3)c1. The quantitative estimate of drug-likeness (QED) is 0.287. The van der Waals surface area contributed by atoms with Gasteiger partial charge in [-0.15, -0.1) is 0 Å². The van der Waals surface area contributed by atoms with Crippen LogP contribution in [0.1, 0.15) is 47.4 Å². The minimum Gasteiger partial charge on any atom is -0.487 e. The second-order valence-electron chi connectivity index (χ2n) is 9.79. The fourth-order valence-corrected chi connectivity index (χ4v) is 6.03. The van der Waals surface area contributed by atoms with E-state index >= 15 is 0 Å². The van der Waals surface area contributed by atoms with Crippen LogP contribution in [-0.4, -0.2) is 5.78 Å². The maximum absolute atomic E-state index is 13.5. The Morgan fingerprint density at radius 3 is 2.59 bits per heavy atom. The third kappa shape index (κ3) is 5.15. The van der Waals surface area contributed by atoms with E-state index in [1.165, 1.54) is 18.2 Å². The highest BCUT2D eigenvalue weighted by Gasteiger charge is 2.41. The van der Waals surface area contributed by atoms with Crippen molar-refractivity contribution in [1.29, 1.82) is 5.26 Å². The van der Waals surface area contributed by atoms with Gasteiger partial charge in [-0.2, -0.15) is 5.26 Å². The number of hydrogen-bond acceptors (Lipinski definition) is 5. The second-order valence-corrected chi connectivity index (χ2v) is 11.4. The molecule has 0 radical (unpaired) electrons. The van der Waals surface area contributed by atoms with Crippen LogP contribution in [0.25, 0.3) is 0 Å². The first-order valence-corrected chi connectivity index (χ1v) is 14.0. The number of nitriles is 1. The van der Waals surface area contributed by atoms with E-state index in [9.17, 15) is 14.4 Å². The molecule has 198 valence electrons. The summed E-state index contributed by atoms with van der Waals surface area (Å²) in [6.07, 6.45) is 1.84. The van der Waals surface area contributed by atoms with Gasteiger partial charge in [0.25, 0.3) is 0 Å². The predicted octanol–water partition coefficient (Wildman–Crippen LogP) is 7.58. The first-order chi connectivity index (χ1) is 18.7. The summed E-state index contributed by atoms with van der Waals surface area (Å²) in [5, 5.41) is 10.6. The molecule has 0 amide bonds. The molecule has 1 unspecified atom stereocenters. The number of nitrogens with zero attached hydrogens (tertiary/aromatic N) is 2. The number of hydrogen-bond donors (Lipinski definition) is 1. The van der Waals surface area contributed by atoms with Crippen LogP contribution in [0.2, 0.25) is 5.02 Å². The van der Waals surface area contributed by atoms with Crippen LogP contribution in [-0.2, 0) is 11.4 Å². The van der Waals surface area contributed by atoms with Gasteiger partial charge in [0.15, 0.2) is 5.78 Å². The summed E-state index contributed by atoms with van der Waals surface area (Å²) in [6.45, 7) is 4.12. The van der Waals surface area contributed by atoms with Crippen LogP contribution < -0.4 is 15.4 Å². The first kappa shape index (κ1) is 27.2. The summed E-state index contributed by atoms with van der Waals surface area (Å²) < 4.78 is 20.5. The number of Topliss-reactive ketones (excluding diaryl/α,β-unsaturated/α-hetero) is 1. The largest absolute Gasteiger partial charge is 0.487 e. The Balaban J connectivity index is 1.62. The van der Waals surface area contributed by atoms with Crippen molar-refractivity contribution in [3.8, 4) is 11.8 Å². The molecule has 3 aromatic carbocycles. The van der Waals surface area contributed by atoms with Crippen molar-refractivity contribution in [3.05, 3.63) is 114 Å². The van der Waals surface area contributed by atoms with Crippen LogP contribution in [0.4, 0.5) is 10.1 Å². The molecule has 0 saturated heterocycles. The number of rotatable bonds is 5. The van der Waals surface area contributed by atoms with Gasteiger partial charge in [0.05, 0.1) is 22.6 Å². The number of ketones is 1. The average molecular weight is 654 g/mol. The van der Waals surface area contributed by atoms with Crippen molar-refractivity contribution < 1.29 is 13.9 Å². The van der Waals surface area contributed by atoms with Gasteiger partial charge in [-0.05, 0) is 108 Å². The van der Waals surface area contributed by atoms with Crippen LogP contribution in [0.5, 0.6) is 5.75 Å². The monoisotopic (exact) mass is 653 g/mol. The molecular weight excluding hydrogens is 628 g/mol. The molecule has 0 bridgehead atoms. The van der Waals surface area contributed by atoms with Gasteiger partial charge in [0.1, 0.15) is 24.0 Å². The zero-order valence-electron chi connectivity index (χ0n) is 21.5. The molecule has 2 N–H and O–H groups in total. The number of ether oxygens (including phenoxy) is 1. The lowest BCUT2D eigenvalue weighted by atomic mass is 9.73. The van der Waals surface area contributed by atoms with Crippen LogP contribution in [0.3, 0.4) is 0 Å². The van der Waals surface area contributed by atoms with E-state index in [1.54, 1.807) is 0 Å². The summed E-state index contributed by atoms with van der Waals surface area (Å²) in [5.74, 6) is -0.262. The molecule has 1 heterocycles. The zero-order chi connectivity index (χ0) is 27.8. The Labute approximate surface area is 245 Å². The number of carbonyl (C=O) groups is 1. The third-order valence-electron chi connectivity index (χ3n) is 7.29. The number of benzene rings is 3. The third-order valence-corrected chi connectivity index (χ3v) is 8.30. The summed E-state index contributed by atoms with van der Waals surface area (Å²) in [4.78, 5) is 15.4. The molecule has 3 aromatic rings. The Bertz CT molecular complexity index is 1590. The maximum Gasteiger partial charge on any atom is 0.161 e. The van der Waals surface area contributed by atoms with Crippen LogP contribution in [0, 0.1) is 34.6 Å². The molecule has 0 spiro atoms. The van der Waals surface area contributed by atoms with Crippen molar-refractivity contribution in [1.82, 2.24) is 0 Å². The lowest BCUT2D eigenvalue weighted by molar-refractivity contribution is -0.116. The Kier molecular flexibility index (Phi) is 7.70. The summed E-state index contributed by atoms with van der Waals surface area (Å²) in [6, 6.07) is 18.3. The number of nitrogens with two attached hydrogens (primary N) is 1. The van der Waals surface area contributed by atoms with Crippen molar-refractivity contribution >= 4 is 45.7 Å². The summed E-state index contributed by atoms with van der Waals surface area (Å²) in [7, 11) is 0. The summed E-state index contributed by atoms with van der Waals surface area (Å²) >= 11 is 8.41. The number of carbonyl (C=O) groups excluding carboxylic acids is 1. The average Bonchev–Trinajstić information content (AvgIpc) is 2.90. The van der Waals surface area contributed by atoms with E-state index in [-0.39, 0.29) is 17.4 Å². The highest BCUT2D eigenvalue weighted by Crippen LogP contribution is 2.47. The second kappa shape index (κ2) is 11.0. The Hall–Kier alpha value is -3.35. The first-order valence-electron chi connectivity index (χ1n) is 12.6. The fourth-order valence-electron chi connectivity index (χ4n) is 5.44. The molecule has 1 aliphatic heterocycles. The zero-order valence-corrected chi connectivity index (χ0v) is 24.4. The highest BCUT2D eigenvalue weighted by molar-refractivity contribution is 14.1. The van der Waals surface area contributed by atoms with Crippen molar-refractivity contribution in [2.75, 3.05) is 4.90 Å². The standard InChI is InChI=1S/C31H26ClFIN3O2/c1-17-12-19(16-39-28-11-6-20(33)14-25(28)32)18(2)23(13-17)29-24(15-35)31(36)37(22-9-7-21(34)8-10-22)26-4-3-5-27(38)30(26)29/h6-14,29H,3-5,16,36H2,1-2H3. The summed E-state index contributed by atoms with van der Waals surface area (Å²) in [5.41, 5.74) is 13.0. The number of anilines is 1. The fraction of sp³-hybridized carbons (Fsp3) is 0.226. The van der Waals surface area contributed by atoms with Crippen LogP contribution >= 0.6 is 34.2 Å². The van der Waals surface area contributed by atoms with Gasteiger partial charge in [0, 0.05) is 26.9 Å². The molecule has 0 saturated carbocycles. The highest BCUT2D eigenvalue weighted by atomic mass is 127. The van der Waals surface area contributed by atoms with Gasteiger partial charge in [-0.3, -0.25) is 9.69 Å². The topological polar surface area (TPSA) is 79.3 Å². The van der Waals surface area contributed by atoms with Crippen molar-refractivity contribution in [2.24, 2.45) is 5.73 Å². The van der Waals surface area contributed by atoms with Gasteiger partial charge < -0.3 is 10.5 Å². The van der Waals surface area contributed by atoms with Gasteiger partial charge in [-0.25, -0.2) is 4.39 Å². The minimum absolute atomic E-state index is 0.0359. The smallest absolute Gasteiger partial charge is 0.161 e. The Morgan fingerprint density at radius 2 is 1.90 bits per heavy atom. The van der Waals surface area contributed by atoms with Crippen molar-refractivity contribution in [2.45, 2.75) is 45.6 Å². The minimum atomic E-state index is -0.578. The van der Waals surface area contributed by atoms with Gasteiger partial charge >= 0.3 is 0 Å². The van der Waals surface area contributed by atoms with E-state index in [2.05, 4.69) is 28.7 Å². The normalized spacial score (nSPS) is 17.3. The Morgan fingerprint density at radius 1 is 1.15 bits per heavy atom. The molecule has 39 heavy (non-hydrogen) atoms. The lowest BCUT2D eigenvalue weighted by Crippen LogP contribution is -2.39. The van der Waals surface area contributed by atoms with E-state index in [0.717, 1.165) is 43.6 Å². The molecule has 1 atom stereocenters. The van der Waals surface area contributed by atoms with Gasteiger partial charge in [0.2, 0.25) is 0 Å². The van der Waals surface area contributed by atoms with Crippen molar-refractivity contribution in [3.63, 3.8) is 0 Å². The van der Waals surface area contributed by atoms with E-state index in [1.807, 2.05) is 55.1 Å². The molecule has 0 aromatic heterocycles. The predicted molar refractivity (Wildman–Crippen MR) is 159 cm³/mol. The maximum atomic E-state index is 13.5. The number of halogens is 3. The van der Waals surface area contributed by atoms with E-state index in [0.29, 0.717) is 35.6 Å². The molecular formula is C31H26ClFIN3O2. The van der Waals surface area contributed by atoms with E-state index in [4.69, 9.17) is 22.1 Å². The molecule has 1 aliphatic carbocycles. The van der Waals surface area contributed by atoms with Gasteiger partial charge in [-0.1, -0.05) is 29.3 Å². The molecule has 5 rings (SSSR count). The molecule has 5 nitrogen and oxygen atoms in total. The molecule has 8 heteroatoms. The van der Waals surface area contributed by atoms with Crippen LogP contribution in [0.15, 0.2) is 77.3 Å². The molecule has 2 aliphatic rings. The lowest BCUT2D eigenvalue weighted by Gasteiger charge is -2.40. The van der Waals surface area contributed by atoms with E-state index < -0.39 is 11.7 Å². The number of allylic oxidation sites excluding steroid dienone is 3. The number of aryl methyl sites for hydroxylation is 1. The molecule has 0 fully saturated rings.